The highest BCUT2D eigenvalue weighted by atomic mass is 16.5. The Morgan fingerprint density at radius 1 is 1.10 bits per heavy atom. The number of fused-ring (bicyclic) bond motifs is 1. The topological polar surface area (TPSA) is 117 Å². The molecule has 0 unspecified atom stereocenters. The second-order valence-corrected chi connectivity index (χ2v) is 10.6. The Hall–Kier alpha value is -4.08. The standard InChI is InChI=1S/C31H42N4O6/c1-6-35-16-18-41-27-14-10-8-12-23(27)29(37)33-25(20-28(36)32-24(31(35)39)19-21(2)3)30(38)34(5)15-17-40-26-13-9-7-11-22(26)4/h7-14,21,24-25H,6,15-20H2,1-5H3,(H,32,36)(H,33,37)/t24-,25+/m1/s1. The van der Waals surface area contributed by atoms with Crippen molar-refractivity contribution in [1.82, 2.24) is 20.4 Å². The molecule has 0 radical (unpaired) electrons. The van der Waals surface area contributed by atoms with E-state index in [-0.39, 0.29) is 43.6 Å². The van der Waals surface area contributed by atoms with Crippen molar-refractivity contribution in [1.29, 1.82) is 0 Å². The van der Waals surface area contributed by atoms with Gasteiger partial charge in [-0.1, -0.05) is 44.2 Å². The molecule has 2 aromatic rings. The summed E-state index contributed by atoms with van der Waals surface area (Å²) in [5.74, 6) is -0.491. The largest absolute Gasteiger partial charge is 0.491 e. The third kappa shape index (κ3) is 8.96. The summed E-state index contributed by atoms with van der Waals surface area (Å²) in [6.45, 7) is 9.12. The molecule has 0 bridgehead atoms. The van der Waals surface area contributed by atoms with Gasteiger partial charge in [-0.05, 0) is 49.9 Å². The lowest BCUT2D eigenvalue weighted by molar-refractivity contribution is -0.138. The number of nitrogens with one attached hydrogen (secondary N) is 2. The van der Waals surface area contributed by atoms with Gasteiger partial charge in [-0.3, -0.25) is 19.2 Å². The minimum Gasteiger partial charge on any atom is -0.491 e. The van der Waals surface area contributed by atoms with E-state index < -0.39 is 29.8 Å². The number of aryl methyl sites for hydroxylation is 1. The molecule has 0 saturated heterocycles. The molecule has 41 heavy (non-hydrogen) atoms. The van der Waals surface area contributed by atoms with E-state index in [1.807, 2.05) is 52.0 Å². The maximum atomic E-state index is 13.5. The van der Waals surface area contributed by atoms with E-state index >= 15 is 0 Å². The number of carbonyl (C=O) groups is 4. The van der Waals surface area contributed by atoms with Crippen LogP contribution in [0.15, 0.2) is 48.5 Å². The van der Waals surface area contributed by atoms with E-state index in [2.05, 4.69) is 10.6 Å². The van der Waals surface area contributed by atoms with Crippen LogP contribution in [0.4, 0.5) is 0 Å². The van der Waals surface area contributed by atoms with E-state index in [0.29, 0.717) is 25.3 Å². The number of likely N-dealkylation sites (N-methyl/N-ethyl adjacent to an activating group) is 2. The quantitative estimate of drug-likeness (QED) is 0.508. The minimum absolute atomic E-state index is 0.140. The van der Waals surface area contributed by atoms with Gasteiger partial charge < -0.3 is 29.9 Å². The minimum atomic E-state index is -1.17. The van der Waals surface area contributed by atoms with E-state index in [0.717, 1.165) is 11.3 Å². The molecule has 3 rings (SSSR count). The molecule has 1 aliphatic heterocycles. The summed E-state index contributed by atoms with van der Waals surface area (Å²) in [4.78, 5) is 56.6. The first kappa shape index (κ1) is 31.4. The van der Waals surface area contributed by atoms with E-state index in [1.165, 1.54) is 4.90 Å². The first-order valence-corrected chi connectivity index (χ1v) is 14.1. The Kier molecular flexibility index (Phi) is 11.6. The zero-order chi connectivity index (χ0) is 29.9. The lowest BCUT2D eigenvalue weighted by Crippen LogP contribution is -2.54. The van der Waals surface area contributed by atoms with Crippen LogP contribution in [0.25, 0.3) is 0 Å². The SMILES string of the molecule is CCN1CCOc2ccccc2C(=O)N[C@H](C(=O)N(C)CCOc2ccccc2C)CC(=O)N[C@H](CC(C)C)C1=O. The molecule has 0 fully saturated rings. The molecule has 2 atom stereocenters. The molecule has 10 nitrogen and oxygen atoms in total. The monoisotopic (exact) mass is 566 g/mol. The molecule has 2 N–H and O–H groups in total. The Morgan fingerprint density at radius 3 is 2.51 bits per heavy atom. The maximum absolute atomic E-state index is 13.5. The number of carbonyl (C=O) groups excluding carboxylic acids is 4. The Morgan fingerprint density at radius 2 is 1.80 bits per heavy atom. The average molecular weight is 567 g/mol. The van der Waals surface area contributed by atoms with Gasteiger partial charge >= 0.3 is 0 Å². The second-order valence-electron chi connectivity index (χ2n) is 10.6. The predicted octanol–water partition coefficient (Wildman–Crippen LogP) is 2.79. The maximum Gasteiger partial charge on any atom is 0.255 e. The zero-order valence-electron chi connectivity index (χ0n) is 24.6. The summed E-state index contributed by atoms with van der Waals surface area (Å²) >= 11 is 0. The molecule has 2 aromatic carbocycles. The summed E-state index contributed by atoms with van der Waals surface area (Å²) in [6, 6.07) is 12.4. The molecular weight excluding hydrogens is 524 g/mol. The van der Waals surface area contributed by atoms with Crippen LogP contribution in [-0.4, -0.2) is 85.4 Å². The van der Waals surface area contributed by atoms with Crippen molar-refractivity contribution in [3.63, 3.8) is 0 Å². The molecule has 4 amide bonds. The number of hydrogen-bond donors (Lipinski definition) is 2. The number of hydrogen-bond acceptors (Lipinski definition) is 6. The summed E-state index contributed by atoms with van der Waals surface area (Å²) in [6.07, 6.45) is 0.108. The second kappa shape index (κ2) is 15.1. The number of amides is 4. The number of ether oxygens (including phenoxy) is 2. The average Bonchev–Trinajstić information content (AvgIpc) is 2.94. The molecule has 222 valence electrons. The molecule has 0 aromatic heterocycles. The molecular formula is C31H42N4O6. The normalized spacial score (nSPS) is 18.5. The van der Waals surface area contributed by atoms with Crippen molar-refractivity contribution in [2.45, 2.75) is 52.6 Å². The Balaban J connectivity index is 1.84. The van der Waals surface area contributed by atoms with Crippen molar-refractivity contribution >= 4 is 23.6 Å². The summed E-state index contributed by atoms with van der Waals surface area (Å²) in [7, 11) is 1.60. The lowest BCUT2D eigenvalue weighted by Gasteiger charge is -2.29. The Bertz CT molecular complexity index is 1220. The van der Waals surface area contributed by atoms with Crippen molar-refractivity contribution in [3.8, 4) is 11.5 Å². The third-order valence-electron chi connectivity index (χ3n) is 6.93. The van der Waals surface area contributed by atoms with Crippen molar-refractivity contribution in [3.05, 3.63) is 59.7 Å². The zero-order valence-corrected chi connectivity index (χ0v) is 24.6. The summed E-state index contributed by atoms with van der Waals surface area (Å²) in [5.41, 5.74) is 1.21. The third-order valence-corrected chi connectivity index (χ3v) is 6.93. The fourth-order valence-electron chi connectivity index (χ4n) is 4.65. The number of rotatable bonds is 8. The van der Waals surface area contributed by atoms with Crippen molar-refractivity contribution < 1.29 is 28.7 Å². The van der Waals surface area contributed by atoms with Gasteiger partial charge in [-0.25, -0.2) is 0 Å². The number of nitrogens with zero attached hydrogens (tertiary/aromatic N) is 2. The lowest BCUT2D eigenvalue weighted by atomic mass is 10.0. The van der Waals surface area contributed by atoms with Crippen LogP contribution >= 0.6 is 0 Å². The highest BCUT2D eigenvalue weighted by molar-refractivity contribution is 6.01. The number of benzene rings is 2. The highest BCUT2D eigenvalue weighted by Crippen LogP contribution is 2.20. The first-order valence-electron chi connectivity index (χ1n) is 14.1. The fraction of sp³-hybridized carbons (Fsp3) is 0.484. The van der Waals surface area contributed by atoms with Gasteiger partial charge in [-0.15, -0.1) is 0 Å². The predicted molar refractivity (Wildman–Crippen MR) is 156 cm³/mol. The van der Waals surface area contributed by atoms with Crippen LogP contribution in [0.3, 0.4) is 0 Å². The van der Waals surface area contributed by atoms with Gasteiger partial charge in [0.1, 0.15) is 36.8 Å². The smallest absolute Gasteiger partial charge is 0.255 e. The van der Waals surface area contributed by atoms with Gasteiger partial charge in [0, 0.05) is 13.6 Å². The molecule has 0 aliphatic carbocycles. The van der Waals surface area contributed by atoms with Gasteiger partial charge in [0.25, 0.3) is 5.91 Å². The molecule has 0 saturated carbocycles. The molecule has 0 spiro atoms. The van der Waals surface area contributed by atoms with Crippen LogP contribution in [0.2, 0.25) is 0 Å². The highest BCUT2D eigenvalue weighted by Gasteiger charge is 2.31. The van der Waals surface area contributed by atoms with E-state index in [1.54, 1.807) is 36.2 Å². The summed E-state index contributed by atoms with van der Waals surface area (Å²) < 4.78 is 11.8. The van der Waals surface area contributed by atoms with Crippen molar-refractivity contribution in [2.24, 2.45) is 5.92 Å². The van der Waals surface area contributed by atoms with Gasteiger partial charge in [0.2, 0.25) is 17.7 Å². The van der Waals surface area contributed by atoms with Gasteiger partial charge in [0.15, 0.2) is 0 Å². The molecule has 1 heterocycles. The number of para-hydroxylation sites is 2. The van der Waals surface area contributed by atoms with Gasteiger partial charge in [-0.2, -0.15) is 0 Å². The Labute approximate surface area is 242 Å². The van der Waals surface area contributed by atoms with Crippen LogP contribution in [0, 0.1) is 12.8 Å². The molecule has 10 heteroatoms. The van der Waals surface area contributed by atoms with Crippen LogP contribution in [0.5, 0.6) is 11.5 Å². The van der Waals surface area contributed by atoms with Crippen molar-refractivity contribution in [2.75, 3.05) is 39.9 Å². The van der Waals surface area contributed by atoms with Gasteiger partial charge in [0.05, 0.1) is 25.1 Å². The van der Waals surface area contributed by atoms with E-state index in [4.69, 9.17) is 9.47 Å². The van der Waals surface area contributed by atoms with Crippen LogP contribution in [-0.2, 0) is 14.4 Å². The van der Waals surface area contributed by atoms with E-state index in [9.17, 15) is 19.2 Å². The van der Waals surface area contributed by atoms with Crippen LogP contribution in [0.1, 0.15) is 49.5 Å². The fourth-order valence-corrected chi connectivity index (χ4v) is 4.65. The summed E-state index contributed by atoms with van der Waals surface area (Å²) in [5, 5.41) is 5.56. The van der Waals surface area contributed by atoms with Crippen LogP contribution < -0.4 is 20.1 Å². The molecule has 1 aliphatic rings. The first-order chi connectivity index (χ1) is 19.6.